The van der Waals surface area contributed by atoms with E-state index in [1.54, 1.807) is 0 Å². The first-order valence-corrected chi connectivity index (χ1v) is 14.4. The van der Waals surface area contributed by atoms with Gasteiger partial charge >= 0.3 is 26.5 Å². The van der Waals surface area contributed by atoms with Crippen molar-refractivity contribution in [3.63, 3.8) is 0 Å². The van der Waals surface area contributed by atoms with E-state index in [0.29, 0.717) is 24.8 Å². The van der Waals surface area contributed by atoms with Crippen LogP contribution in [0.5, 0.6) is 0 Å². The summed E-state index contributed by atoms with van der Waals surface area (Å²) in [6.45, 7) is 15.1. The first kappa shape index (κ1) is 40.8. The summed E-state index contributed by atoms with van der Waals surface area (Å²) in [6, 6.07) is 0.476. The zero-order valence-corrected chi connectivity index (χ0v) is 24.9. The van der Waals surface area contributed by atoms with Gasteiger partial charge in [0.25, 0.3) is 0 Å². The SMILES string of the molecule is C.CCC1C[C@@H](CCCB2OC(C)(C)C(C)(C)O2)[C@@H](C)C1.NC[C@@H]1C[C@@H](CCCB(O)O)CN1.O=C=O.O=C=O. The van der Waals surface area contributed by atoms with Gasteiger partial charge in [-0.2, -0.15) is 19.2 Å². The van der Waals surface area contributed by atoms with Gasteiger partial charge in [0.15, 0.2) is 0 Å². The fraction of sp³-hybridized carbons (Fsp3) is 0.929. The Labute approximate surface area is 243 Å². The molecular weight excluding hydrogens is 514 g/mol. The molecule has 5 N–H and O–H groups in total. The van der Waals surface area contributed by atoms with Crippen molar-refractivity contribution in [2.24, 2.45) is 29.4 Å². The molecule has 2 aliphatic heterocycles. The van der Waals surface area contributed by atoms with Gasteiger partial charge in [0.05, 0.1) is 11.2 Å². The molecule has 10 nitrogen and oxygen atoms in total. The quantitative estimate of drug-likeness (QED) is 0.285. The van der Waals surface area contributed by atoms with Crippen LogP contribution in [0.2, 0.25) is 12.6 Å². The molecule has 2 heterocycles. The Hall–Kier alpha value is -1.35. The normalized spacial score (nSPS) is 27.3. The molecule has 12 heteroatoms. The van der Waals surface area contributed by atoms with Crippen LogP contribution in [-0.2, 0) is 28.5 Å². The molecule has 0 bridgehead atoms. The third-order valence-corrected chi connectivity index (χ3v) is 8.71. The van der Waals surface area contributed by atoms with E-state index in [1.165, 1.54) is 32.1 Å². The number of carbonyl (C=O) groups excluding carboxylic acids is 4. The number of hydrogen-bond donors (Lipinski definition) is 4. The lowest BCUT2D eigenvalue weighted by atomic mass is 9.80. The summed E-state index contributed by atoms with van der Waals surface area (Å²) in [5, 5.41) is 20.6. The minimum atomic E-state index is -1.14. The standard InChI is InChI=1S/C17H33BO2.C8H19BN2O2.2CO2.CH4/c1-7-14-11-13(2)15(12-14)9-8-10-18-19-16(3,4)17(5,6)20-18;10-5-8-4-7(6-11-8)2-1-3-9(12)13;2*2-1-3;/h13-15H,7-12H2,1-6H3;7-8,11-13H,1-6,10H2;;;1H4/t13-,14?,15+;7-,8+;;;/m01.../s1. The zero-order valence-electron chi connectivity index (χ0n) is 24.9. The van der Waals surface area contributed by atoms with E-state index in [0.717, 1.165) is 49.9 Å². The highest BCUT2D eigenvalue weighted by molar-refractivity contribution is 6.45. The van der Waals surface area contributed by atoms with Crippen molar-refractivity contribution in [2.75, 3.05) is 13.1 Å². The molecule has 5 atom stereocenters. The van der Waals surface area contributed by atoms with E-state index in [1.807, 2.05) is 0 Å². The second kappa shape index (κ2) is 21.4. The molecule has 1 aliphatic carbocycles. The Kier molecular flexibility index (Phi) is 21.8. The predicted molar refractivity (Wildman–Crippen MR) is 156 cm³/mol. The molecular formula is C28H56B2N2O8. The molecule has 0 aromatic heterocycles. The van der Waals surface area contributed by atoms with Crippen molar-refractivity contribution in [2.45, 2.75) is 130 Å². The van der Waals surface area contributed by atoms with Crippen LogP contribution in [0, 0.1) is 23.7 Å². The Morgan fingerprint density at radius 1 is 0.950 bits per heavy atom. The summed E-state index contributed by atoms with van der Waals surface area (Å²) in [5.74, 6) is 3.50. The van der Waals surface area contributed by atoms with Crippen LogP contribution in [0.1, 0.15) is 100 Å². The molecule has 1 saturated carbocycles. The van der Waals surface area contributed by atoms with E-state index in [2.05, 4.69) is 46.9 Å². The third-order valence-electron chi connectivity index (χ3n) is 8.71. The van der Waals surface area contributed by atoms with Crippen LogP contribution in [0.15, 0.2) is 0 Å². The van der Waals surface area contributed by atoms with Crippen molar-refractivity contribution in [1.29, 1.82) is 0 Å². The molecule has 40 heavy (non-hydrogen) atoms. The van der Waals surface area contributed by atoms with Crippen molar-refractivity contribution in [1.82, 2.24) is 5.32 Å². The molecule has 0 aromatic rings. The van der Waals surface area contributed by atoms with Crippen molar-refractivity contribution in [3.05, 3.63) is 0 Å². The third kappa shape index (κ3) is 15.6. The largest absolute Gasteiger partial charge is 0.457 e. The fourth-order valence-electron chi connectivity index (χ4n) is 5.73. The number of hydrogen-bond acceptors (Lipinski definition) is 10. The first-order chi connectivity index (χ1) is 18.3. The highest BCUT2D eigenvalue weighted by Crippen LogP contribution is 2.42. The molecule has 232 valence electrons. The molecule has 0 radical (unpaired) electrons. The van der Waals surface area contributed by atoms with E-state index in [4.69, 9.17) is 44.3 Å². The van der Waals surface area contributed by atoms with Crippen molar-refractivity contribution in [3.8, 4) is 0 Å². The molecule has 0 spiro atoms. The molecule has 1 unspecified atom stereocenters. The van der Waals surface area contributed by atoms with Crippen LogP contribution in [0.3, 0.4) is 0 Å². The zero-order chi connectivity index (χ0) is 30.1. The maximum atomic E-state index is 8.64. The number of rotatable bonds is 10. The van der Waals surface area contributed by atoms with Gasteiger partial charge in [-0.1, -0.05) is 47.0 Å². The van der Waals surface area contributed by atoms with Crippen LogP contribution in [0.4, 0.5) is 0 Å². The van der Waals surface area contributed by atoms with Gasteiger partial charge in [0.1, 0.15) is 0 Å². The summed E-state index contributed by atoms with van der Waals surface area (Å²) >= 11 is 0. The van der Waals surface area contributed by atoms with Gasteiger partial charge in [0, 0.05) is 12.6 Å². The summed E-state index contributed by atoms with van der Waals surface area (Å²) in [6.07, 6.45) is 12.0. The minimum Gasteiger partial charge on any atom is -0.427 e. The molecule has 0 amide bonds. The lowest BCUT2D eigenvalue weighted by Crippen LogP contribution is -2.41. The Bertz CT molecular complexity index is 701. The maximum Gasteiger partial charge on any atom is 0.457 e. The average molecular weight is 570 g/mol. The lowest BCUT2D eigenvalue weighted by Gasteiger charge is -2.32. The first-order valence-electron chi connectivity index (χ1n) is 14.4. The minimum absolute atomic E-state index is 0. The van der Waals surface area contributed by atoms with Crippen LogP contribution >= 0.6 is 0 Å². The topological polar surface area (TPSA) is 165 Å². The Balaban J connectivity index is 0. The monoisotopic (exact) mass is 570 g/mol. The second-order valence-electron chi connectivity index (χ2n) is 12.1. The van der Waals surface area contributed by atoms with E-state index < -0.39 is 7.12 Å². The fourth-order valence-corrected chi connectivity index (χ4v) is 5.73. The smallest absolute Gasteiger partial charge is 0.427 e. The summed E-state index contributed by atoms with van der Waals surface area (Å²) in [5.41, 5.74) is 5.18. The highest BCUT2D eigenvalue weighted by atomic mass is 16.7. The van der Waals surface area contributed by atoms with Gasteiger partial charge in [0.2, 0.25) is 0 Å². The Morgan fingerprint density at radius 2 is 1.50 bits per heavy atom. The second-order valence-corrected chi connectivity index (χ2v) is 12.1. The van der Waals surface area contributed by atoms with Gasteiger partial charge < -0.3 is 30.4 Å². The van der Waals surface area contributed by atoms with Crippen LogP contribution in [0.25, 0.3) is 0 Å². The summed E-state index contributed by atoms with van der Waals surface area (Å²) in [4.78, 5) is 32.5. The van der Waals surface area contributed by atoms with E-state index in [-0.39, 0.29) is 38.1 Å². The van der Waals surface area contributed by atoms with Gasteiger partial charge in [-0.3, -0.25) is 0 Å². The number of nitrogens with one attached hydrogen (secondary N) is 1. The molecule has 3 aliphatic rings. The summed E-state index contributed by atoms with van der Waals surface area (Å²) in [7, 11) is -1.14. The molecule has 3 fully saturated rings. The van der Waals surface area contributed by atoms with Crippen LogP contribution < -0.4 is 11.1 Å². The van der Waals surface area contributed by atoms with Crippen molar-refractivity contribution >= 4 is 26.5 Å². The van der Waals surface area contributed by atoms with Crippen LogP contribution in [-0.4, -0.2) is 66.9 Å². The molecule has 0 aromatic carbocycles. The predicted octanol–water partition coefficient (Wildman–Crippen LogP) is 3.58. The molecule has 2 saturated heterocycles. The molecule has 3 rings (SSSR count). The lowest BCUT2D eigenvalue weighted by molar-refractivity contribution is -0.193. The average Bonchev–Trinajstić information content (AvgIpc) is 3.50. The maximum absolute atomic E-state index is 8.64. The Morgan fingerprint density at radius 3 is 1.93 bits per heavy atom. The van der Waals surface area contributed by atoms with E-state index >= 15 is 0 Å². The van der Waals surface area contributed by atoms with Gasteiger partial charge in [-0.15, -0.1) is 0 Å². The number of nitrogens with two attached hydrogens (primary N) is 1. The van der Waals surface area contributed by atoms with Crippen molar-refractivity contribution < 1.29 is 38.5 Å². The van der Waals surface area contributed by atoms with E-state index in [9.17, 15) is 0 Å². The van der Waals surface area contributed by atoms with Gasteiger partial charge in [-0.25, -0.2) is 0 Å². The highest BCUT2D eigenvalue weighted by Gasteiger charge is 2.50. The summed E-state index contributed by atoms with van der Waals surface area (Å²) < 4.78 is 12.2. The van der Waals surface area contributed by atoms with Gasteiger partial charge in [-0.05, 0) is 96.2 Å².